The van der Waals surface area contributed by atoms with Crippen LogP contribution in [0.2, 0.25) is 0 Å². The van der Waals surface area contributed by atoms with Gasteiger partial charge in [-0.05, 0) is 46.0 Å². The van der Waals surface area contributed by atoms with Gasteiger partial charge in [0.25, 0.3) is 0 Å². The fourth-order valence-corrected chi connectivity index (χ4v) is 1.49. The Kier molecular flexibility index (Phi) is 3.11. The fraction of sp³-hybridized carbons (Fsp3) is 0.545. The Labute approximate surface area is 85.1 Å². The smallest absolute Gasteiger partial charge is 0.193 e. The molecule has 0 radical (unpaired) electrons. The first-order chi connectivity index (χ1) is 6.43. The van der Waals surface area contributed by atoms with Crippen molar-refractivity contribution >= 4 is 5.78 Å². The van der Waals surface area contributed by atoms with E-state index in [1.54, 1.807) is 0 Å². The van der Waals surface area contributed by atoms with E-state index >= 15 is 0 Å². The maximum absolute atomic E-state index is 11.8. The molecule has 0 saturated heterocycles. The number of aromatic amines is 1. The maximum Gasteiger partial charge on any atom is 0.193 e. The predicted molar refractivity (Wildman–Crippen MR) is 57.9 cm³/mol. The van der Waals surface area contributed by atoms with Gasteiger partial charge in [-0.1, -0.05) is 0 Å². The second-order valence-corrected chi connectivity index (χ2v) is 4.04. The number of ketones is 1. The standard InChI is InChI=1S/C11H18N2O/c1-7-8(2)11(12-9(7)3)10(14)6-13(4)5/h12H,6H2,1-5H3. The summed E-state index contributed by atoms with van der Waals surface area (Å²) in [4.78, 5) is 16.8. The molecular weight excluding hydrogens is 176 g/mol. The molecule has 3 heteroatoms. The molecule has 14 heavy (non-hydrogen) atoms. The fourth-order valence-electron chi connectivity index (χ4n) is 1.49. The molecule has 0 fully saturated rings. The highest BCUT2D eigenvalue weighted by molar-refractivity contribution is 5.97. The summed E-state index contributed by atoms with van der Waals surface area (Å²) in [7, 11) is 3.80. The van der Waals surface area contributed by atoms with Gasteiger partial charge < -0.3 is 9.88 Å². The van der Waals surface area contributed by atoms with Gasteiger partial charge in [0.15, 0.2) is 5.78 Å². The Bertz CT molecular complexity index is 350. The van der Waals surface area contributed by atoms with E-state index in [1.807, 2.05) is 39.8 Å². The van der Waals surface area contributed by atoms with Crippen LogP contribution in [0.4, 0.5) is 0 Å². The number of nitrogens with one attached hydrogen (secondary N) is 1. The number of likely N-dealkylation sites (N-methyl/N-ethyl adjacent to an activating group) is 1. The first kappa shape index (κ1) is 11.0. The highest BCUT2D eigenvalue weighted by Crippen LogP contribution is 2.16. The minimum absolute atomic E-state index is 0.156. The van der Waals surface area contributed by atoms with E-state index < -0.39 is 0 Å². The van der Waals surface area contributed by atoms with Crippen LogP contribution in [0.15, 0.2) is 0 Å². The molecule has 0 aromatic carbocycles. The summed E-state index contributed by atoms with van der Waals surface area (Å²) in [5, 5.41) is 0. The molecule has 0 aliphatic carbocycles. The molecule has 0 amide bonds. The van der Waals surface area contributed by atoms with Crippen LogP contribution < -0.4 is 0 Å². The lowest BCUT2D eigenvalue weighted by Gasteiger charge is -2.07. The van der Waals surface area contributed by atoms with Crippen LogP contribution in [-0.4, -0.2) is 36.3 Å². The van der Waals surface area contributed by atoms with Gasteiger partial charge in [0.1, 0.15) is 0 Å². The van der Waals surface area contributed by atoms with Gasteiger partial charge in [-0.3, -0.25) is 4.79 Å². The minimum atomic E-state index is 0.156. The normalized spacial score (nSPS) is 11.0. The number of hydrogen-bond donors (Lipinski definition) is 1. The number of rotatable bonds is 3. The second kappa shape index (κ2) is 3.96. The number of Topliss-reactive ketones (excluding diaryl/α,β-unsaturated/α-hetero) is 1. The predicted octanol–water partition coefficient (Wildman–Crippen LogP) is 1.68. The maximum atomic E-state index is 11.8. The number of H-pyrrole nitrogens is 1. The van der Waals surface area contributed by atoms with Crippen molar-refractivity contribution in [3.8, 4) is 0 Å². The van der Waals surface area contributed by atoms with Crippen LogP contribution in [0.25, 0.3) is 0 Å². The van der Waals surface area contributed by atoms with Crippen molar-refractivity contribution in [2.45, 2.75) is 20.8 Å². The number of carbonyl (C=O) groups excluding carboxylic acids is 1. The van der Waals surface area contributed by atoms with Crippen molar-refractivity contribution in [1.82, 2.24) is 9.88 Å². The van der Waals surface area contributed by atoms with E-state index in [0.29, 0.717) is 6.54 Å². The SMILES string of the molecule is Cc1[nH]c(C(=O)CN(C)C)c(C)c1C. The van der Waals surface area contributed by atoms with Crippen LogP contribution in [0.3, 0.4) is 0 Å². The summed E-state index contributed by atoms with van der Waals surface area (Å²) in [5.41, 5.74) is 4.11. The number of carbonyl (C=O) groups is 1. The average molecular weight is 194 g/mol. The average Bonchev–Trinajstić information content (AvgIpc) is 2.32. The van der Waals surface area contributed by atoms with Gasteiger partial charge in [-0.25, -0.2) is 0 Å². The van der Waals surface area contributed by atoms with E-state index in [9.17, 15) is 4.79 Å². The largest absolute Gasteiger partial charge is 0.356 e. The zero-order valence-electron chi connectivity index (χ0n) is 9.56. The summed E-state index contributed by atoms with van der Waals surface area (Å²) < 4.78 is 0. The molecule has 0 aliphatic rings. The van der Waals surface area contributed by atoms with Crippen LogP contribution >= 0.6 is 0 Å². The van der Waals surface area contributed by atoms with Gasteiger partial charge in [0.2, 0.25) is 0 Å². The van der Waals surface area contributed by atoms with Crippen LogP contribution in [0, 0.1) is 20.8 Å². The molecule has 1 aromatic rings. The van der Waals surface area contributed by atoms with Crippen LogP contribution in [-0.2, 0) is 0 Å². The molecule has 1 heterocycles. The topological polar surface area (TPSA) is 36.1 Å². The first-order valence-electron chi connectivity index (χ1n) is 4.77. The van der Waals surface area contributed by atoms with Crippen molar-refractivity contribution in [3.05, 3.63) is 22.5 Å². The summed E-state index contributed by atoms with van der Waals surface area (Å²) in [6.45, 7) is 6.48. The Morgan fingerprint density at radius 3 is 2.14 bits per heavy atom. The van der Waals surface area contributed by atoms with E-state index in [1.165, 1.54) is 5.56 Å². The van der Waals surface area contributed by atoms with Crippen molar-refractivity contribution in [3.63, 3.8) is 0 Å². The third-order valence-electron chi connectivity index (χ3n) is 2.55. The minimum Gasteiger partial charge on any atom is -0.356 e. The van der Waals surface area contributed by atoms with Gasteiger partial charge in [-0.2, -0.15) is 0 Å². The van der Waals surface area contributed by atoms with Gasteiger partial charge >= 0.3 is 0 Å². The van der Waals surface area contributed by atoms with Crippen molar-refractivity contribution in [2.75, 3.05) is 20.6 Å². The molecule has 3 nitrogen and oxygen atoms in total. The third-order valence-corrected chi connectivity index (χ3v) is 2.55. The molecule has 0 spiro atoms. The number of hydrogen-bond acceptors (Lipinski definition) is 2. The van der Waals surface area contributed by atoms with Crippen LogP contribution in [0.1, 0.15) is 27.3 Å². The van der Waals surface area contributed by atoms with Crippen LogP contribution in [0.5, 0.6) is 0 Å². The summed E-state index contributed by atoms with van der Waals surface area (Å²) >= 11 is 0. The number of aromatic nitrogens is 1. The van der Waals surface area contributed by atoms with E-state index in [-0.39, 0.29) is 5.78 Å². The molecule has 78 valence electrons. The highest BCUT2D eigenvalue weighted by atomic mass is 16.1. The Balaban J connectivity index is 2.96. The lowest BCUT2D eigenvalue weighted by Crippen LogP contribution is -2.22. The van der Waals surface area contributed by atoms with E-state index in [0.717, 1.165) is 17.0 Å². The molecule has 0 atom stereocenters. The second-order valence-electron chi connectivity index (χ2n) is 4.04. The molecule has 0 unspecified atom stereocenters. The number of aryl methyl sites for hydroxylation is 1. The summed E-state index contributed by atoms with van der Waals surface area (Å²) in [6.07, 6.45) is 0. The lowest BCUT2D eigenvalue weighted by molar-refractivity contribution is 0.0953. The third kappa shape index (κ3) is 2.04. The lowest BCUT2D eigenvalue weighted by atomic mass is 10.1. The summed E-state index contributed by atoms with van der Waals surface area (Å²) in [6, 6.07) is 0. The van der Waals surface area contributed by atoms with Crippen molar-refractivity contribution < 1.29 is 4.79 Å². The molecule has 1 rings (SSSR count). The van der Waals surface area contributed by atoms with E-state index in [4.69, 9.17) is 0 Å². The van der Waals surface area contributed by atoms with E-state index in [2.05, 4.69) is 4.98 Å². The van der Waals surface area contributed by atoms with Gasteiger partial charge in [0.05, 0.1) is 12.2 Å². The quantitative estimate of drug-likeness (QED) is 0.743. The zero-order valence-corrected chi connectivity index (χ0v) is 9.56. The molecule has 0 aliphatic heterocycles. The Hall–Kier alpha value is -1.09. The molecule has 1 N–H and O–H groups in total. The first-order valence-corrected chi connectivity index (χ1v) is 4.77. The molecule has 1 aromatic heterocycles. The molecular formula is C11H18N2O. The molecule has 0 bridgehead atoms. The molecule has 0 saturated carbocycles. The van der Waals surface area contributed by atoms with Crippen molar-refractivity contribution in [2.24, 2.45) is 0 Å². The van der Waals surface area contributed by atoms with Crippen molar-refractivity contribution in [1.29, 1.82) is 0 Å². The number of nitrogens with zero attached hydrogens (tertiary/aromatic N) is 1. The Morgan fingerprint density at radius 2 is 1.79 bits per heavy atom. The monoisotopic (exact) mass is 194 g/mol. The highest BCUT2D eigenvalue weighted by Gasteiger charge is 2.14. The zero-order chi connectivity index (χ0) is 10.9. The van der Waals surface area contributed by atoms with Gasteiger partial charge in [0, 0.05) is 5.69 Å². The Morgan fingerprint density at radius 1 is 1.21 bits per heavy atom. The summed E-state index contributed by atoms with van der Waals surface area (Å²) in [5.74, 6) is 0.156. The van der Waals surface area contributed by atoms with Gasteiger partial charge in [-0.15, -0.1) is 0 Å².